The van der Waals surface area contributed by atoms with E-state index in [1.807, 2.05) is 16.7 Å². The van der Waals surface area contributed by atoms with E-state index in [2.05, 4.69) is 15.8 Å². The zero-order chi connectivity index (χ0) is 17.8. The maximum atomic E-state index is 12.6. The summed E-state index contributed by atoms with van der Waals surface area (Å²) < 4.78 is 10.5. The van der Waals surface area contributed by atoms with Crippen LogP contribution in [0.25, 0.3) is 0 Å². The zero-order valence-corrected chi connectivity index (χ0v) is 17.1. The molecule has 2 saturated heterocycles. The van der Waals surface area contributed by atoms with E-state index < -0.39 is 0 Å². The number of halogens is 2. The van der Waals surface area contributed by atoms with Crippen LogP contribution in [0.5, 0.6) is 0 Å². The molecule has 3 heterocycles. The molecule has 0 bridgehead atoms. The third-order valence-electron chi connectivity index (χ3n) is 4.53. The molecule has 0 radical (unpaired) electrons. The Bertz CT molecular complexity index is 622. The molecule has 1 aromatic heterocycles. The summed E-state index contributed by atoms with van der Waals surface area (Å²) in [5, 5.41) is 9.68. The molecule has 154 valence electrons. The highest BCUT2D eigenvalue weighted by Crippen LogP contribution is 2.11. The van der Waals surface area contributed by atoms with Crippen molar-refractivity contribution in [3.05, 3.63) is 11.8 Å². The van der Waals surface area contributed by atoms with Crippen molar-refractivity contribution in [2.45, 2.75) is 26.0 Å². The van der Waals surface area contributed by atoms with E-state index in [0.29, 0.717) is 50.9 Å². The number of morpholine rings is 1. The first-order valence-corrected chi connectivity index (χ1v) is 8.62. The Morgan fingerprint density at radius 1 is 1.30 bits per heavy atom. The predicted octanol–water partition coefficient (Wildman–Crippen LogP) is 0.286. The van der Waals surface area contributed by atoms with Gasteiger partial charge in [0, 0.05) is 38.8 Å². The SMILES string of the molecule is Cc1cc(NC(=O)CN2CCN(C(=O)[C@H]3NCCO[C@@H]3C)CC2)no1.Cl.Cl. The summed E-state index contributed by atoms with van der Waals surface area (Å²) in [6.07, 6.45) is -0.115. The lowest BCUT2D eigenvalue weighted by atomic mass is 10.1. The highest BCUT2D eigenvalue weighted by molar-refractivity contribution is 5.91. The Kier molecular flexibility index (Phi) is 9.48. The van der Waals surface area contributed by atoms with Gasteiger partial charge >= 0.3 is 0 Å². The molecule has 0 saturated carbocycles. The van der Waals surface area contributed by atoms with Crippen LogP contribution in [0.4, 0.5) is 5.82 Å². The van der Waals surface area contributed by atoms with Crippen LogP contribution in [-0.4, -0.2) is 84.8 Å². The number of anilines is 1. The van der Waals surface area contributed by atoms with Gasteiger partial charge in [0.25, 0.3) is 0 Å². The highest BCUT2D eigenvalue weighted by atomic mass is 35.5. The summed E-state index contributed by atoms with van der Waals surface area (Å²) in [7, 11) is 0. The fraction of sp³-hybridized carbons (Fsp3) is 0.688. The topological polar surface area (TPSA) is 99.9 Å². The number of aryl methyl sites for hydroxylation is 1. The largest absolute Gasteiger partial charge is 0.375 e. The van der Waals surface area contributed by atoms with Gasteiger partial charge in [-0.2, -0.15) is 0 Å². The van der Waals surface area contributed by atoms with Crippen LogP contribution in [0.2, 0.25) is 0 Å². The van der Waals surface area contributed by atoms with Crippen LogP contribution in [0.15, 0.2) is 10.6 Å². The van der Waals surface area contributed by atoms with Crippen LogP contribution in [0.1, 0.15) is 12.7 Å². The Morgan fingerprint density at radius 2 is 2.00 bits per heavy atom. The van der Waals surface area contributed by atoms with Crippen LogP contribution in [0, 0.1) is 6.92 Å². The Hall–Kier alpha value is -1.39. The van der Waals surface area contributed by atoms with E-state index in [1.165, 1.54) is 0 Å². The fourth-order valence-electron chi connectivity index (χ4n) is 3.14. The van der Waals surface area contributed by atoms with Gasteiger partial charge in [0.2, 0.25) is 11.8 Å². The average Bonchev–Trinajstić information content (AvgIpc) is 3.00. The minimum Gasteiger partial charge on any atom is -0.375 e. The molecule has 2 amide bonds. The van der Waals surface area contributed by atoms with Crippen molar-refractivity contribution in [1.29, 1.82) is 0 Å². The number of nitrogens with one attached hydrogen (secondary N) is 2. The van der Waals surface area contributed by atoms with Crippen molar-refractivity contribution in [2.24, 2.45) is 0 Å². The smallest absolute Gasteiger partial charge is 0.242 e. The Balaban J connectivity index is 0.00000182. The predicted molar refractivity (Wildman–Crippen MR) is 105 cm³/mol. The van der Waals surface area contributed by atoms with Gasteiger partial charge in [-0.05, 0) is 13.8 Å². The molecule has 2 N–H and O–H groups in total. The van der Waals surface area contributed by atoms with Crippen molar-refractivity contribution in [2.75, 3.05) is 51.2 Å². The molecule has 0 aromatic carbocycles. The summed E-state index contributed by atoms with van der Waals surface area (Å²) >= 11 is 0. The minimum absolute atomic E-state index is 0. The maximum Gasteiger partial charge on any atom is 0.242 e. The molecule has 2 aliphatic heterocycles. The number of amides is 2. The van der Waals surface area contributed by atoms with E-state index in [-0.39, 0.29) is 55.3 Å². The third-order valence-corrected chi connectivity index (χ3v) is 4.53. The molecule has 9 nitrogen and oxygen atoms in total. The lowest BCUT2D eigenvalue weighted by molar-refractivity contribution is -0.141. The molecular formula is C16H27Cl2N5O4. The molecule has 1 aromatic rings. The maximum absolute atomic E-state index is 12.6. The van der Waals surface area contributed by atoms with Crippen molar-refractivity contribution >= 4 is 42.4 Å². The monoisotopic (exact) mass is 423 g/mol. The number of rotatable bonds is 4. The van der Waals surface area contributed by atoms with Crippen LogP contribution < -0.4 is 10.6 Å². The second-order valence-electron chi connectivity index (χ2n) is 6.48. The molecule has 11 heteroatoms. The van der Waals surface area contributed by atoms with Crippen molar-refractivity contribution in [1.82, 2.24) is 20.3 Å². The number of piperazine rings is 1. The van der Waals surface area contributed by atoms with Gasteiger partial charge in [-0.15, -0.1) is 24.8 Å². The van der Waals surface area contributed by atoms with Gasteiger partial charge in [0.1, 0.15) is 11.8 Å². The van der Waals surface area contributed by atoms with Gasteiger partial charge in [-0.3, -0.25) is 14.5 Å². The summed E-state index contributed by atoms with van der Waals surface area (Å²) in [4.78, 5) is 28.5. The number of hydrogen-bond acceptors (Lipinski definition) is 7. The van der Waals surface area contributed by atoms with E-state index in [4.69, 9.17) is 9.26 Å². The Morgan fingerprint density at radius 3 is 2.59 bits per heavy atom. The van der Waals surface area contributed by atoms with Gasteiger partial charge in [-0.25, -0.2) is 0 Å². The minimum atomic E-state index is -0.279. The van der Waals surface area contributed by atoms with E-state index in [9.17, 15) is 9.59 Å². The van der Waals surface area contributed by atoms with Crippen LogP contribution >= 0.6 is 24.8 Å². The summed E-state index contributed by atoms with van der Waals surface area (Å²) in [5.41, 5.74) is 0. The van der Waals surface area contributed by atoms with Gasteiger partial charge < -0.3 is 24.8 Å². The van der Waals surface area contributed by atoms with Crippen molar-refractivity contribution < 1.29 is 18.8 Å². The second-order valence-corrected chi connectivity index (χ2v) is 6.48. The van der Waals surface area contributed by atoms with Gasteiger partial charge in [0.15, 0.2) is 5.82 Å². The fourth-order valence-corrected chi connectivity index (χ4v) is 3.14. The molecule has 2 atom stereocenters. The number of carbonyl (C=O) groups is 2. The molecule has 2 aliphatic rings. The molecule has 3 rings (SSSR count). The standard InChI is InChI=1S/C16H25N5O4.2ClH/c1-11-9-13(19-25-11)18-14(22)10-20-4-6-21(7-5-20)16(23)15-12(2)24-8-3-17-15;;/h9,12,15,17H,3-8,10H2,1-2H3,(H,18,19,22);2*1H/t12-,15+;;/m1../s1. The third kappa shape index (κ3) is 6.32. The molecule has 2 fully saturated rings. The molecular weight excluding hydrogens is 397 g/mol. The van der Waals surface area contributed by atoms with Crippen molar-refractivity contribution in [3.63, 3.8) is 0 Å². The lowest BCUT2D eigenvalue weighted by Crippen LogP contribution is -2.60. The Labute approximate surface area is 170 Å². The second kappa shape index (κ2) is 10.8. The van der Waals surface area contributed by atoms with E-state index in [0.717, 1.165) is 0 Å². The van der Waals surface area contributed by atoms with Crippen LogP contribution in [0.3, 0.4) is 0 Å². The summed E-state index contributed by atoms with van der Waals surface area (Å²) in [6.45, 7) is 7.85. The molecule has 27 heavy (non-hydrogen) atoms. The number of nitrogens with zero attached hydrogens (tertiary/aromatic N) is 3. The first-order valence-electron chi connectivity index (χ1n) is 8.62. The van der Waals surface area contributed by atoms with E-state index >= 15 is 0 Å². The average molecular weight is 424 g/mol. The first-order chi connectivity index (χ1) is 12.0. The van der Waals surface area contributed by atoms with Crippen LogP contribution in [-0.2, 0) is 14.3 Å². The summed E-state index contributed by atoms with van der Waals surface area (Å²) in [6, 6.07) is 1.40. The van der Waals surface area contributed by atoms with Crippen molar-refractivity contribution in [3.8, 4) is 0 Å². The normalized spacial score (nSPS) is 23.1. The molecule has 0 spiro atoms. The van der Waals surface area contributed by atoms with Gasteiger partial charge in [-0.1, -0.05) is 5.16 Å². The highest BCUT2D eigenvalue weighted by Gasteiger charge is 2.33. The number of ether oxygens (including phenoxy) is 1. The quantitative estimate of drug-likeness (QED) is 0.717. The molecule has 0 unspecified atom stereocenters. The molecule has 0 aliphatic carbocycles. The lowest BCUT2D eigenvalue weighted by Gasteiger charge is -2.38. The number of carbonyl (C=O) groups excluding carboxylic acids is 2. The number of aromatic nitrogens is 1. The van der Waals surface area contributed by atoms with Gasteiger partial charge in [0.05, 0.1) is 19.3 Å². The number of hydrogen-bond donors (Lipinski definition) is 2. The van der Waals surface area contributed by atoms with E-state index in [1.54, 1.807) is 13.0 Å². The zero-order valence-electron chi connectivity index (χ0n) is 15.5. The summed E-state index contributed by atoms with van der Waals surface area (Å²) in [5.74, 6) is 1.02. The first kappa shape index (κ1) is 23.6.